The quantitative estimate of drug-likeness (QED) is 0.811. The average Bonchev–Trinajstić information content (AvgIpc) is 2.26. The zero-order valence-electron chi connectivity index (χ0n) is 8.69. The van der Waals surface area contributed by atoms with E-state index in [0.717, 1.165) is 0 Å². The highest BCUT2D eigenvalue weighted by molar-refractivity contribution is 5.76. The summed E-state index contributed by atoms with van der Waals surface area (Å²) in [5, 5.41) is 9.00. The molecule has 0 radical (unpaired) electrons. The SMILES string of the molecule is CCC(F)CC(C(=O)O)c1ccccc1. The van der Waals surface area contributed by atoms with Gasteiger partial charge in [0, 0.05) is 0 Å². The highest BCUT2D eigenvalue weighted by atomic mass is 19.1. The lowest BCUT2D eigenvalue weighted by Crippen LogP contribution is -2.16. The monoisotopic (exact) mass is 210 g/mol. The summed E-state index contributed by atoms with van der Waals surface area (Å²) in [6, 6.07) is 8.80. The number of alkyl halides is 1. The van der Waals surface area contributed by atoms with Crippen molar-refractivity contribution in [1.29, 1.82) is 0 Å². The number of carboxylic acids is 1. The molecule has 1 aromatic rings. The molecule has 0 bridgehead atoms. The smallest absolute Gasteiger partial charge is 0.311 e. The van der Waals surface area contributed by atoms with E-state index < -0.39 is 18.1 Å². The summed E-state index contributed by atoms with van der Waals surface area (Å²) >= 11 is 0. The van der Waals surface area contributed by atoms with Crippen LogP contribution in [0.5, 0.6) is 0 Å². The van der Waals surface area contributed by atoms with Crippen molar-refractivity contribution in [2.24, 2.45) is 0 Å². The van der Waals surface area contributed by atoms with E-state index in [2.05, 4.69) is 0 Å². The van der Waals surface area contributed by atoms with Crippen LogP contribution in [0, 0.1) is 0 Å². The van der Waals surface area contributed by atoms with E-state index >= 15 is 0 Å². The minimum atomic E-state index is -1.05. The van der Waals surface area contributed by atoms with Crippen molar-refractivity contribution in [3.05, 3.63) is 35.9 Å². The second kappa shape index (κ2) is 5.49. The lowest BCUT2D eigenvalue weighted by atomic mass is 9.93. The third-order valence-corrected chi connectivity index (χ3v) is 2.43. The third kappa shape index (κ3) is 3.35. The van der Waals surface area contributed by atoms with E-state index in [0.29, 0.717) is 12.0 Å². The Kier molecular flexibility index (Phi) is 4.28. The molecule has 0 aliphatic rings. The van der Waals surface area contributed by atoms with Crippen LogP contribution in [0.4, 0.5) is 4.39 Å². The molecule has 0 aliphatic heterocycles. The van der Waals surface area contributed by atoms with Gasteiger partial charge >= 0.3 is 5.97 Å². The Morgan fingerprint density at radius 2 is 2.00 bits per heavy atom. The Hall–Kier alpha value is -1.38. The number of rotatable bonds is 5. The molecular weight excluding hydrogens is 195 g/mol. The summed E-state index contributed by atoms with van der Waals surface area (Å²) in [6.45, 7) is 1.72. The van der Waals surface area contributed by atoms with Crippen LogP contribution < -0.4 is 0 Å². The lowest BCUT2D eigenvalue weighted by Gasteiger charge is -2.14. The maximum Gasteiger partial charge on any atom is 0.311 e. The van der Waals surface area contributed by atoms with E-state index in [4.69, 9.17) is 5.11 Å². The molecule has 3 heteroatoms. The molecule has 0 saturated carbocycles. The summed E-state index contributed by atoms with van der Waals surface area (Å²) in [5.74, 6) is -1.70. The molecule has 1 rings (SSSR count). The predicted octanol–water partition coefficient (Wildman–Crippen LogP) is 2.99. The van der Waals surface area contributed by atoms with Crippen molar-refractivity contribution < 1.29 is 14.3 Å². The first-order valence-electron chi connectivity index (χ1n) is 5.07. The van der Waals surface area contributed by atoms with Crippen molar-refractivity contribution in [1.82, 2.24) is 0 Å². The number of carbonyl (C=O) groups is 1. The van der Waals surface area contributed by atoms with Gasteiger partial charge in [0.25, 0.3) is 0 Å². The molecule has 82 valence electrons. The number of hydrogen-bond donors (Lipinski definition) is 1. The molecule has 2 atom stereocenters. The van der Waals surface area contributed by atoms with Crippen LogP contribution in [-0.4, -0.2) is 17.2 Å². The fraction of sp³-hybridized carbons (Fsp3) is 0.417. The first-order valence-corrected chi connectivity index (χ1v) is 5.07. The highest BCUT2D eigenvalue weighted by Crippen LogP contribution is 2.23. The van der Waals surface area contributed by atoms with Crippen LogP contribution in [0.3, 0.4) is 0 Å². The highest BCUT2D eigenvalue weighted by Gasteiger charge is 2.23. The molecular formula is C12H15FO2. The molecule has 1 aromatic carbocycles. The van der Waals surface area contributed by atoms with Crippen LogP contribution in [0.2, 0.25) is 0 Å². The van der Waals surface area contributed by atoms with Gasteiger partial charge in [0.05, 0.1) is 5.92 Å². The number of benzene rings is 1. The molecule has 0 aromatic heterocycles. The van der Waals surface area contributed by atoms with Crippen molar-refractivity contribution in [3.63, 3.8) is 0 Å². The van der Waals surface area contributed by atoms with Gasteiger partial charge in [-0.15, -0.1) is 0 Å². The predicted molar refractivity (Wildman–Crippen MR) is 56.6 cm³/mol. The van der Waals surface area contributed by atoms with E-state index in [1.54, 1.807) is 31.2 Å². The van der Waals surface area contributed by atoms with Crippen LogP contribution in [0.1, 0.15) is 31.2 Å². The van der Waals surface area contributed by atoms with E-state index in [1.165, 1.54) is 0 Å². The average molecular weight is 210 g/mol. The Balaban J connectivity index is 2.80. The minimum absolute atomic E-state index is 0.0514. The number of aliphatic carboxylic acids is 1. The van der Waals surface area contributed by atoms with E-state index in [1.807, 2.05) is 6.07 Å². The van der Waals surface area contributed by atoms with E-state index in [-0.39, 0.29) is 6.42 Å². The zero-order chi connectivity index (χ0) is 11.3. The molecule has 0 saturated heterocycles. The topological polar surface area (TPSA) is 37.3 Å². The van der Waals surface area contributed by atoms with Crippen molar-refractivity contribution in [3.8, 4) is 0 Å². The minimum Gasteiger partial charge on any atom is -0.481 e. The first-order chi connectivity index (χ1) is 7.15. The second-order valence-corrected chi connectivity index (χ2v) is 3.54. The Morgan fingerprint density at radius 1 is 1.40 bits per heavy atom. The fourth-order valence-corrected chi connectivity index (χ4v) is 1.49. The summed E-state index contributed by atoms with van der Waals surface area (Å²) in [6.07, 6.45) is -0.641. The molecule has 0 spiro atoms. The molecule has 0 heterocycles. The van der Waals surface area contributed by atoms with Gasteiger partial charge in [-0.25, -0.2) is 4.39 Å². The summed E-state index contributed by atoms with van der Waals surface area (Å²) in [4.78, 5) is 11.0. The molecule has 0 fully saturated rings. The van der Waals surface area contributed by atoms with Gasteiger partial charge in [-0.1, -0.05) is 37.3 Å². The third-order valence-electron chi connectivity index (χ3n) is 2.43. The van der Waals surface area contributed by atoms with Crippen LogP contribution in [-0.2, 0) is 4.79 Å². The Morgan fingerprint density at radius 3 is 2.47 bits per heavy atom. The normalized spacial score (nSPS) is 14.5. The summed E-state index contributed by atoms with van der Waals surface area (Å²) in [7, 11) is 0. The molecule has 15 heavy (non-hydrogen) atoms. The van der Waals surface area contributed by atoms with Gasteiger partial charge in [-0.2, -0.15) is 0 Å². The molecule has 2 nitrogen and oxygen atoms in total. The van der Waals surface area contributed by atoms with Gasteiger partial charge in [-0.05, 0) is 18.4 Å². The second-order valence-electron chi connectivity index (χ2n) is 3.54. The number of halogens is 1. The maximum absolute atomic E-state index is 13.2. The summed E-state index contributed by atoms with van der Waals surface area (Å²) in [5.41, 5.74) is 0.668. The lowest BCUT2D eigenvalue weighted by molar-refractivity contribution is -0.139. The molecule has 1 N–H and O–H groups in total. The van der Waals surface area contributed by atoms with Crippen molar-refractivity contribution in [2.75, 3.05) is 0 Å². The summed E-state index contributed by atoms with van der Waals surface area (Å²) < 4.78 is 13.2. The fourth-order valence-electron chi connectivity index (χ4n) is 1.49. The molecule has 2 unspecified atom stereocenters. The van der Waals surface area contributed by atoms with Gasteiger partial charge in [0.2, 0.25) is 0 Å². The van der Waals surface area contributed by atoms with Crippen LogP contribution in [0.15, 0.2) is 30.3 Å². The van der Waals surface area contributed by atoms with Crippen molar-refractivity contribution >= 4 is 5.97 Å². The Labute approximate surface area is 88.7 Å². The molecule has 0 aliphatic carbocycles. The van der Waals surface area contributed by atoms with Gasteiger partial charge in [0.1, 0.15) is 6.17 Å². The number of carboxylic acid groups (broad SMARTS) is 1. The van der Waals surface area contributed by atoms with Gasteiger partial charge < -0.3 is 5.11 Å². The number of hydrogen-bond acceptors (Lipinski definition) is 1. The van der Waals surface area contributed by atoms with E-state index in [9.17, 15) is 9.18 Å². The first kappa shape index (κ1) is 11.7. The Bertz CT molecular complexity index is 311. The standard InChI is InChI=1S/C12H15FO2/c1-2-10(13)8-11(12(14)15)9-6-4-3-5-7-9/h3-7,10-11H,2,8H2,1H3,(H,14,15). The van der Waals surface area contributed by atoms with Crippen LogP contribution >= 0.6 is 0 Å². The van der Waals surface area contributed by atoms with Gasteiger partial charge in [0.15, 0.2) is 0 Å². The largest absolute Gasteiger partial charge is 0.481 e. The zero-order valence-corrected chi connectivity index (χ0v) is 8.69. The molecule has 0 amide bonds. The van der Waals surface area contributed by atoms with Gasteiger partial charge in [-0.3, -0.25) is 4.79 Å². The van der Waals surface area contributed by atoms with Crippen molar-refractivity contribution in [2.45, 2.75) is 31.9 Å². The van der Waals surface area contributed by atoms with Crippen LogP contribution in [0.25, 0.3) is 0 Å². The maximum atomic E-state index is 13.2.